The lowest BCUT2D eigenvalue weighted by atomic mass is 9.82. The first kappa shape index (κ1) is 30.2. The summed E-state index contributed by atoms with van der Waals surface area (Å²) >= 11 is 0. The molecule has 2 aromatic carbocycles. The second kappa shape index (κ2) is 13.2. The van der Waals surface area contributed by atoms with Gasteiger partial charge in [-0.3, -0.25) is 9.59 Å². The van der Waals surface area contributed by atoms with Crippen molar-refractivity contribution in [3.8, 4) is 0 Å². The van der Waals surface area contributed by atoms with Gasteiger partial charge in [-0.15, -0.1) is 0 Å². The van der Waals surface area contributed by atoms with Gasteiger partial charge in [-0.2, -0.15) is 5.10 Å². The van der Waals surface area contributed by atoms with Crippen LogP contribution in [0.15, 0.2) is 89.1 Å². The number of benzene rings is 2. The fourth-order valence-electron chi connectivity index (χ4n) is 5.29. The monoisotopic (exact) mass is 555 g/mol. The average Bonchev–Trinajstić information content (AvgIpc) is 3.18. The summed E-state index contributed by atoms with van der Waals surface area (Å²) in [4.78, 5) is 28.5. The predicted octanol–water partition coefficient (Wildman–Crippen LogP) is 6.02. The van der Waals surface area contributed by atoms with Gasteiger partial charge in [-0.1, -0.05) is 72.7 Å². The molecule has 2 aromatic rings. The van der Waals surface area contributed by atoms with Gasteiger partial charge < -0.3 is 15.1 Å². The highest BCUT2D eigenvalue weighted by Gasteiger charge is 2.52. The van der Waals surface area contributed by atoms with Crippen LogP contribution in [0, 0.1) is 5.92 Å². The summed E-state index contributed by atoms with van der Waals surface area (Å²) in [5, 5.41) is 27.4. The molecule has 216 valence electrons. The Morgan fingerprint density at radius 1 is 1.05 bits per heavy atom. The van der Waals surface area contributed by atoms with Crippen LogP contribution in [0.25, 0.3) is 0 Å². The number of amides is 2. The highest BCUT2D eigenvalue weighted by atomic mass is 16.3. The summed E-state index contributed by atoms with van der Waals surface area (Å²) < 4.78 is 0. The van der Waals surface area contributed by atoms with Crippen LogP contribution in [-0.4, -0.2) is 40.9 Å². The zero-order valence-electron chi connectivity index (χ0n) is 24.5. The minimum atomic E-state index is -1.83. The highest BCUT2D eigenvalue weighted by molar-refractivity contribution is 6.10. The largest absolute Gasteiger partial charge is 0.396 e. The molecule has 2 aliphatic rings. The van der Waals surface area contributed by atoms with Crippen molar-refractivity contribution < 1.29 is 19.8 Å². The molecule has 2 amide bonds. The smallest absolute Gasteiger partial charge is 0.264 e. The van der Waals surface area contributed by atoms with E-state index in [1.165, 1.54) is 16.2 Å². The van der Waals surface area contributed by atoms with E-state index in [4.69, 9.17) is 0 Å². The molecule has 2 aliphatic heterocycles. The number of allylic oxidation sites excluding steroid dienone is 3. The van der Waals surface area contributed by atoms with E-state index in [9.17, 15) is 19.8 Å². The van der Waals surface area contributed by atoms with Gasteiger partial charge in [-0.05, 0) is 63.8 Å². The Morgan fingerprint density at radius 3 is 2.51 bits per heavy atom. The summed E-state index contributed by atoms with van der Waals surface area (Å²) in [7, 11) is 0. The van der Waals surface area contributed by atoms with E-state index in [0.717, 1.165) is 24.1 Å². The first-order chi connectivity index (χ1) is 19.7. The van der Waals surface area contributed by atoms with E-state index < -0.39 is 17.4 Å². The van der Waals surface area contributed by atoms with Crippen molar-refractivity contribution in [1.29, 1.82) is 0 Å². The highest BCUT2D eigenvalue weighted by Crippen LogP contribution is 2.47. The predicted molar refractivity (Wildman–Crippen MR) is 165 cm³/mol. The van der Waals surface area contributed by atoms with E-state index in [0.29, 0.717) is 42.7 Å². The molecule has 2 heterocycles. The van der Waals surface area contributed by atoms with Crippen LogP contribution in [0.4, 0.5) is 11.4 Å². The van der Waals surface area contributed by atoms with Crippen molar-refractivity contribution in [3.05, 3.63) is 95.1 Å². The molecule has 2 N–H and O–H groups in total. The Balaban J connectivity index is 1.72. The average molecular weight is 556 g/mol. The van der Waals surface area contributed by atoms with Gasteiger partial charge in [-0.25, -0.2) is 5.01 Å². The number of hydrogen-bond donors (Lipinski definition) is 2. The Morgan fingerprint density at radius 2 is 1.80 bits per heavy atom. The van der Waals surface area contributed by atoms with Gasteiger partial charge in [0.15, 0.2) is 5.60 Å². The molecule has 0 saturated heterocycles. The van der Waals surface area contributed by atoms with Crippen LogP contribution in [-0.2, 0) is 15.2 Å². The quantitative estimate of drug-likeness (QED) is 0.332. The maximum atomic E-state index is 13.9. The lowest BCUT2D eigenvalue weighted by Crippen LogP contribution is -2.44. The van der Waals surface area contributed by atoms with E-state index >= 15 is 0 Å². The SMILES string of the molecule is CC(C)=CCC/C(C)=C/CN1C(=O)[C@@](O)([C@@H](C)/C=C/CCO)c2cc(N3N=C(c4ccccc4)CCC3=O)ccc21. The van der Waals surface area contributed by atoms with Crippen molar-refractivity contribution in [1.82, 2.24) is 0 Å². The molecular weight excluding hydrogens is 514 g/mol. The van der Waals surface area contributed by atoms with Crippen LogP contribution >= 0.6 is 0 Å². The minimum Gasteiger partial charge on any atom is -0.396 e. The van der Waals surface area contributed by atoms with E-state index in [1.807, 2.05) is 36.4 Å². The number of nitrogens with zero attached hydrogens (tertiary/aromatic N) is 3. The second-order valence-corrected chi connectivity index (χ2v) is 11.1. The molecule has 4 rings (SSSR count). The third kappa shape index (κ3) is 6.58. The topological polar surface area (TPSA) is 93.4 Å². The lowest BCUT2D eigenvalue weighted by molar-refractivity contribution is -0.139. The summed E-state index contributed by atoms with van der Waals surface area (Å²) in [5.74, 6) is -1.11. The van der Waals surface area contributed by atoms with Gasteiger partial charge in [0, 0.05) is 37.5 Å². The van der Waals surface area contributed by atoms with E-state index in [1.54, 1.807) is 42.2 Å². The summed E-state index contributed by atoms with van der Waals surface area (Å²) in [5.41, 5.74) is 3.96. The Hall–Kier alpha value is -3.81. The van der Waals surface area contributed by atoms with E-state index in [-0.39, 0.29) is 12.5 Å². The van der Waals surface area contributed by atoms with Gasteiger partial charge in [0.1, 0.15) is 0 Å². The number of carbonyl (C=O) groups excluding carboxylic acids is 2. The molecule has 0 radical (unpaired) electrons. The fraction of sp³-hybridized carbons (Fsp3) is 0.382. The second-order valence-electron chi connectivity index (χ2n) is 11.1. The third-order valence-corrected chi connectivity index (χ3v) is 7.73. The van der Waals surface area contributed by atoms with Gasteiger partial charge in [0.05, 0.1) is 17.1 Å². The summed E-state index contributed by atoms with van der Waals surface area (Å²) in [6.45, 7) is 8.33. The number of carbonyl (C=O) groups is 2. The molecule has 0 bridgehead atoms. The summed E-state index contributed by atoms with van der Waals surface area (Å²) in [6.07, 6.45) is 10.9. The van der Waals surface area contributed by atoms with Crippen molar-refractivity contribution in [3.63, 3.8) is 0 Å². The fourth-order valence-corrected chi connectivity index (χ4v) is 5.29. The molecule has 0 aromatic heterocycles. The standard InChI is InChI=1S/C34H41N3O4/c1-24(2)11-10-12-25(3)20-21-36-31-18-16-28(23-29(31)34(41,33(36)40)26(4)13-8-9-22-38)37-32(39)19-17-30(35-37)27-14-6-5-7-15-27/h5-8,11,13-16,18,20,23,26,38,41H,9-10,12,17,19,21-22H2,1-4H3/b13-8+,25-20+/t26-,34+/m0/s1. The number of fused-ring (bicyclic) bond motifs is 1. The molecule has 2 atom stereocenters. The van der Waals surface area contributed by atoms with Crippen molar-refractivity contribution in [2.24, 2.45) is 11.0 Å². The Labute approximate surface area is 243 Å². The van der Waals surface area contributed by atoms with Gasteiger partial charge >= 0.3 is 0 Å². The number of hydrogen-bond acceptors (Lipinski definition) is 5. The van der Waals surface area contributed by atoms with Crippen LogP contribution in [0.3, 0.4) is 0 Å². The molecule has 41 heavy (non-hydrogen) atoms. The van der Waals surface area contributed by atoms with Crippen LogP contribution in [0.5, 0.6) is 0 Å². The van der Waals surface area contributed by atoms with Crippen molar-refractivity contribution in [2.45, 2.75) is 65.4 Å². The molecule has 7 nitrogen and oxygen atoms in total. The van der Waals surface area contributed by atoms with Crippen molar-refractivity contribution >= 4 is 28.9 Å². The number of rotatable bonds is 11. The molecule has 0 aliphatic carbocycles. The maximum Gasteiger partial charge on any atom is 0.264 e. The molecular formula is C34H41N3O4. The molecule has 0 spiro atoms. The third-order valence-electron chi connectivity index (χ3n) is 7.73. The minimum absolute atomic E-state index is 0.0158. The van der Waals surface area contributed by atoms with Gasteiger partial charge in [0.2, 0.25) is 5.91 Å². The zero-order valence-corrected chi connectivity index (χ0v) is 24.5. The van der Waals surface area contributed by atoms with E-state index in [2.05, 4.69) is 31.9 Å². The van der Waals surface area contributed by atoms with Crippen LogP contribution < -0.4 is 9.91 Å². The van der Waals surface area contributed by atoms with Crippen LogP contribution in [0.2, 0.25) is 0 Å². The Bertz CT molecular complexity index is 1390. The molecule has 0 unspecified atom stereocenters. The van der Waals surface area contributed by atoms with Gasteiger partial charge in [0.25, 0.3) is 5.91 Å². The first-order valence-electron chi connectivity index (χ1n) is 14.4. The summed E-state index contributed by atoms with van der Waals surface area (Å²) in [6, 6.07) is 15.1. The zero-order chi connectivity index (χ0) is 29.6. The number of aliphatic hydroxyl groups excluding tert-OH is 1. The van der Waals surface area contributed by atoms with Crippen LogP contribution in [0.1, 0.15) is 70.9 Å². The van der Waals surface area contributed by atoms with Crippen molar-refractivity contribution in [2.75, 3.05) is 23.1 Å². The number of aliphatic hydroxyl groups is 2. The molecule has 7 heteroatoms. The first-order valence-corrected chi connectivity index (χ1v) is 14.4. The lowest BCUT2D eigenvalue weighted by Gasteiger charge is -2.28. The number of hydrazone groups is 1. The Kier molecular flexibility index (Phi) is 9.73. The number of anilines is 2. The normalized spacial score (nSPS) is 20.0. The molecule has 0 fully saturated rings. The maximum absolute atomic E-state index is 13.9. The molecule has 0 saturated carbocycles.